The van der Waals surface area contributed by atoms with E-state index in [-0.39, 0.29) is 11.8 Å². The Morgan fingerprint density at radius 3 is 2.76 bits per heavy atom. The summed E-state index contributed by atoms with van der Waals surface area (Å²) >= 11 is 7.58. The topological polar surface area (TPSA) is 66.4 Å². The average molecular weight is 330 g/mol. The van der Waals surface area contributed by atoms with E-state index in [1.165, 1.54) is 0 Å². The van der Waals surface area contributed by atoms with Crippen LogP contribution in [-0.4, -0.2) is 29.3 Å². The lowest BCUT2D eigenvalue weighted by molar-refractivity contribution is -0.141. The van der Waals surface area contributed by atoms with Crippen LogP contribution in [0.4, 0.5) is 0 Å². The van der Waals surface area contributed by atoms with Crippen molar-refractivity contribution in [2.45, 2.75) is 31.1 Å². The van der Waals surface area contributed by atoms with Gasteiger partial charge in [0.2, 0.25) is 5.91 Å². The first-order valence-electron chi connectivity index (χ1n) is 6.87. The molecule has 0 heterocycles. The number of nitrogens with one attached hydrogen (secondary N) is 1. The molecular formula is C15H20ClNO3S. The van der Waals surface area contributed by atoms with Gasteiger partial charge in [0.05, 0.1) is 10.9 Å². The predicted octanol–water partition coefficient (Wildman–Crippen LogP) is 3.44. The van der Waals surface area contributed by atoms with Crippen molar-refractivity contribution in [1.82, 2.24) is 5.32 Å². The van der Waals surface area contributed by atoms with Crippen LogP contribution in [0.1, 0.15) is 26.2 Å². The molecule has 21 heavy (non-hydrogen) atoms. The lowest BCUT2D eigenvalue weighted by Gasteiger charge is -2.08. The molecule has 0 saturated carbocycles. The molecule has 1 amide bonds. The van der Waals surface area contributed by atoms with Crippen molar-refractivity contribution in [3.05, 3.63) is 29.3 Å². The summed E-state index contributed by atoms with van der Waals surface area (Å²) in [6, 6.07) is 7.54. The van der Waals surface area contributed by atoms with Gasteiger partial charge in [-0.05, 0) is 25.0 Å². The van der Waals surface area contributed by atoms with Crippen molar-refractivity contribution in [2.75, 3.05) is 12.3 Å². The summed E-state index contributed by atoms with van der Waals surface area (Å²) in [6.07, 6.45) is 1.67. The first-order chi connectivity index (χ1) is 10.0. The second-order valence-corrected chi connectivity index (χ2v) is 6.30. The van der Waals surface area contributed by atoms with E-state index < -0.39 is 5.97 Å². The Kier molecular flexibility index (Phi) is 8.23. The minimum Gasteiger partial charge on any atom is -0.481 e. The molecular weight excluding hydrogens is 310 g/mol. The maximum Gasteiger partial charge on any atom is 0.306 e. The van der Waals surface area contributed by atoms with Crippen molar-refractivity contribution >= 4 is 35.2 Å². The summed E-state index contributed by atoms with van der Waals surface area (Å²) in [5.41, 5.74) is 0. The van der Waals surface area contributed by atoms with E-state index in [0.717, 1.165) is 4.90 Å². The fourth-order valence-electron chi connectivity index (χ4n) is 1.66. The zero-order chi connectivity index (χ0) is 15.7. The van der Waals surface area contributed by atoms with Crippen molar-refractivity contribution in [3.63, 3.8) is 0 Å². The maximum atomic E-state index is 11.6. The molecule has 4 nitrogen and oxygen atoms in total. The molecule has 0 spiro atoms. The number of thioether (sulfide) groups is 1. The molecule has 0 bridgehead atoms. The van der Waals surface area contributed by atoms with Crippen molar-refractivity contribution in [3.8, 4) is 0 Å². The summed E-state index contributed by atoms with van der Waals surface area (Å²) in [6.45, 7) is 2.19. The van der Waals surface area contributed by atoms with Gasteiger partial charge in [-0.25, -0.2) is 0 Å². The standard InChI is InChI=1S/C15H20ClNO3S/c1-11(15(19)20)5-4-9-17-14(18)8-10-21-13-7-3-2-6-12(13)16/h2-3,6-7,11H,4-5,8-10H2,1H3,(H,17,18)(H,19,20). The number of rotatable bonds is 9. The van der Waals surface area contributed by atoms with Crippen LogP contribution in [0.25, 0.3) is 0 Å². The molecule has 1 aromatic carbocycles. The van der Waals surface area contributed by atoms with Gasteiger partial charge in [-0.15, -0.1) is 11.8 Å². The number of benzene rings is 1. The molecule has 116 valence electrons. The third-order valence-electron chi connectivity index (χ3n) is 2.98. The molecule has 0 aliphatic carbocycles. The van der Waals surface area contributed by atoms with E-state index in [4.69, 9.17) is 16.7 Å². The van der Waals surface area contributed by atoms with Crippen LogP contribution >= 0.6 is 23.4 Å². The van der Waals surface area contributed by atoms with Gasteiger partial charge in [-0.1, -0.05) is 30.7 Å². The van der Waals surface area contributed by atoms with Crippen molar-refractivity contribution < 1.29 is 14.7 Å². The molecule has 1 rings (SSSR count). The maximum absolute atomic E-state index is 11.6. The molecule has 0 radical (unpaired) electrons. The first kappa shape index (κ1) is 17.9. The molecule has 2 N–H and O–H groups in total. The van der Waals surface area contributed by atoms with Gasteiger partial charge in [0.25, 0.3) is 0 Å². The molecule has 1 aromatic rings. The minimum absolute atomic E-state index is 0.0162. The van der Waals surface area contributed by atoms with Crippen LogP contribution in [-0.2, 0) is 9.59 Å². The Morgan fingerprint density at radius 2 is 2.10 bits per heavy atom. The van der Waals surface area contributed by atoms with E-state index >= 15 is 0 Å². The summed E-state index contributed by atoms with van der Waals surface area (Å²) in [7, 11) is 0. The Morgan fingerprint density at radius 1 is 1.38 bits per heavy atom. The predicted molar refractivity (Wildman–Crippen MR) is 85.8 cm³/mol. The fraction of sp³-hybridized carbons (Fsp3) is 0.467. The highest BCUT2D eigenvalue weighted by molar-refractivity contribution is 7.99. The van der Waals surface area contributed by atoms with Gasteiger partial charge in [0.1, 0.15) is 0 Å². The monoisotopic (exact) mass is 329 g/mol. The number of hydrogen-bond acceptors (Lipinski definition) is 3. The van der Waals surface area contributed by atoms with E-state index in [2.05, 4.69) is 5.32 Å². The highest BCUT2D eigenvalue weighted by Crippen LogP contribution is 2.26. The largest absolute Gasteiger partial charge is 0.481 e. The van der Waals surface area contributed by atoms with Crippen LogP contribution in [0, 0.1) is 5.92 Å². The number of carboxylic acids is 1. The molecule has 1 atom stereocenters. The number of halogens is 1. The fourth-order valence-corrected chi connectivity index (χ4v) is 2.85. The second kappa shape index (κ2) is 9.68. The number of amides is 1. The van der Waals surface area contributed by atoms with Gasteiger partial charge in [0.15, 0.2) is 0 Å². The van der Waals surface area contributed by atoms with Gasteiger partial charge in [-0.3, -0.25) is 9.59 Å². The van der Waals surface area contributed by atoms with Gasteiger partial charge < -0.3 is 10.4 Å². The highest BCUT2D eigenvalue weighted by atomic mass is 35.5. The first-order valence-corrected chi connectivity index (χ1v) is 8.24. The highest BCUT2D eigenvalue weighted by Gasteiger charge is 2.10. The van der Waals surface area contributed by atoms with Crippen molar-refractivity contribution in [2.24, 2.45) is 5.92 Å². The van der Waals surface area contributed by atoms with Crippen LogP contribution in [0.3, 0.4) is 0 Å². The molecule has 0 saturated heterocycles. The molecule has 1 unspecified atom stereocenters. The zero-order valence-electron chi connectivity index (χ0n) is 12.0. The lowest BCUT2D eigenvalue weighted by atomic mass is 10.1. The number of carbonyl (C=O) groups is 2. The molecule has 0 aliphatic heterocycles. The molecule has 0 fully saturated rings. The summed E-state index contributed by atoms with van der Waals surface area (Å²) in [4.78, 5) is 23.2. The van der Waals surface area contributed by atoms with Crippen molar-refractivity contribution in [1.29, 1.82) is 0 Å². The quantitative estimate of drug-likeness (QED) is 0.538. The molecule has 0 aliphatic rings. The number of aliphatic carboxylic acids is 1. The van der Waals surface area contributed by atoms with E-state index in [1.54, 1.807) is 18.7 Å². The molecule has 0 aromatic heterocycles. The third kappa shape index (κ3) is 7.39. The molecule has 6 heteroatoms. The Hall–Kier alpha value is -1.20. The van der Waals surface area contributed by atoms with Gasteiger partial charge in [-0.2, -0.15) is 0 Å². The van der Waals surface area contributed by atoms with Crippen LogP contribution in [0.2, 0.25) is 5.02 Å². The Balaban J connectivity index is 2.12. The number of carbonyl (C=O) groups excluding carboxylic acids is 1. The summed E-state index contributed by atoms with van der Waals surface area (Å²) in [5, 5.41) is 12.2. The smallest absolute Gasteiger partial charge is 0.306 e. The summed E-state index contributed by atoms with van der Waals surface area (Å²) in [5.74, 6) is -0.506. The number of hydrogen-bond donors (Lipinski definition) is 2. The lowest BCUT2D eigenvalue weighted by Crippen LogP contribution is -2.25. The average Bonchev–Trinajstić information content (AvgIpc) is 2.45. The Bertz CT molecular complexity index is 482. The SMILES string of the molecule is CC(CCCNC(=O)CCSc1ccccc1Cl)C(=O)O. The summed E-state index contributed by atoms with van der Waals surface area (Å²) < 4.78 is 0. The van der Waals surface area contributed by atoms with E-state index in [1.807, 2.05) is 24.3 Å². The third-order valence-corrected chi connectivity index (χ3v) is 4.50. The van der Waals surface area contributed by atoms with Crippen LogP contribution < -0.4 is 5.32 Å². The zero-order valence-corrected chi connectivity index (χ0v) is 13.5. The minimum atomic E-state index is -0.794. The number of carboxylic acid groups (broad SMARTS) is 1. The van der Waals surface area contributed by atoms with Gasteiger partial charge >= 0.3 is 5.97 Å². The van der Waals surface area contributed by atoms with Crippen LogP contribution in [0.5, 0.6) is 0 Å². The normalized spacial score (nSPS) is 11.9. The van der Waals surface area contributed by atoms with E-state index in [9.17, 15) is 9.59 Å². The van der Waals surface area contributed by atoms with Gasteiger partial charge in [0, 0.05) is 23.6 Å². The van der Waals surface area contributed by atoms with E-state index in [0.29, 0.717) is 36.6 Å². The second-order valence-electron chi connectivity index (χ2n) is 4.76. The van der Waals surface area contributed by atoms with Crippen LogP contribution in [0.15, 0.2) is 29.2 Å². The Labute approximate surface area is 134 Å².